The number of amides is 1. The molecule has 154 valence electrons. The number of aromatic nitrogens is 1. The number of carbonyl (C=O) groups excluding carboxylic acids is 1. The molecule has 2 heterocycles. The molecule has 1 unspecified atom stereocenters. The number of halogens is 2. The maximum atomic E-state index is 14.3. The minimum absolute atomic E-state index is 0.0849. The van der Waals surface area contributed by atoms with Gasteiger partial charge in [0.25, 0.3) is 15.9 Å². The van der Waals surface area contributed by atoms with Gasteiger partial charge in [0.05, 0.1) is 17.8 Å². The molecule has 0 radical (unpaired) electrons. The van der Waals surface area contributed by atoms with Gasteiger partial charge in [-0.1, -0.05) is 29.8 Å². The number of nitrogens with zero attached hydrogens (tertiary/aromatic N) is 2. The van der Waals surface area contributed by atoms with Gasteiger partial charge in [-0.25, -0.2) is 22.8 Å². The monoisotopic (exact) mass is 448 g/mol. The molecule has 2 aromatic carbocycles. The Morgan fingerprint density at radius 3 is 2.80 bits per heavy atom. The summed E-state index contributed by atoms with van der Waals surface area (Å²) in [7, 11) is -4.02. The third-order valence-electron chi connectivity index (χ3n) is 4.39. The molecular weight excluding hydrogens is 435 g/mol. The van der Waals surface area contributed by atoms with Crippen molar-refractivity contribution in [1.82, 2.24) is 15.0 Å². The van der Waals surface area contributed by atoms with Crippen LogP contribution in [-0.4, -0.2) is 31.7 Å². The average molecular weight is 449 g/mol. The molecule has 0 spiro atoms. The van der Waals surface area contributed by atoms with E-state index in [9.17, 15) is 17.6 Å². The summed E-state index contributed by atoms with van der Waals surface area (Å²) in [6.07, 6.45) is 2.75. The summed E-state index contributed by atoms with van der Waals surface area (Å²) in [5, 5.41) is 2.78. The number of benzene rings is 2. The summed E-state index contributed by atoms with van der Waals surface area (Å²) in [5.41, 5.74) is 0.355. The second-order valence-electron chi connectivity index (χ2n) is 6.33. The predicted molar refractivity (Wildman–Crippen MR) is 107 cm³/mol. The van der Waals surface area contributed by atoms with Crippen molar-refractivity contribution in [2.45, 2.75) is 10.8 Å². The van der Waals surface area contributed by atoms with Crippen LogP contribution in [0.25, 0.3) is 0 Å². The Bertz CT molecular complexity index is 1250. The van der Waals surface area contributed by atoms with Crippen molar-refractivity contribution >= 4 is 39.1 Å². The van der Waals surface area contributed by atoms with Crippen LogP contribution in [0, 0.1) is 5.82 Å². The molecule has 2 N–H and O–H groups in total. The second-order valence-corrected chi connectivity index (χ2v) is 8.42. The van der Waals surface area contributed by atoms with Crippen LogP contribution in [-0.2, 0) is 14.8 Å². The van der Waals surface area contributed by atoms with Gasteiger partial charge in [-0.05, 0) is 24.3 Å². The largest absolute Gasteiger partial charge is 0.448 e. The number of carbonyl (C=O) groups is 1. The summed E-state index contributed by atoms with van der Waals surface area (Å²) in [5.74, 6) is -2.21. The molecule has 4 rings (SSSR count). The highest BCUT2D eigenvalue weighted by molar-refractivity contribution is 7.90. The average Bonchev–Trinajstić information content (AvgIpc) is 3.24. The van der Waals surface area contributed by atoms with E-state index in [0.717, 1.165) is 0 Å². The molecule has 1 aromatic heterocycles. The fourth-order valence-corrected chi connectivity index (χ4v) is 4.40. The van der Waals surface area contributed by atoms with E-state index in [2.05, 4.69) is 20.0 Å². The standard InChI is InChI=1S/C19H14ClFN4O4S/c20-11-5-6-15-16(9-11)30(27,28)25-17(24-15)18(26)23-10-13(19-22-7-8-29-19)12-3-1-2-4-14(12)21/h1-9,13H,10H2,(H,23,26)(H,24,25). The van der Waals surface area contributed by atoms with Crippen LogP contribution in [0.3, 0.4) is 0 Å². The smallest absolute Gasteiger partial charge is 0.287 e. The zero-order valence-electron chi connectivity index (χ0n) is 15.2. The van der Waals surface area contributed by atoms with Crippen LogP contribution >= 0.6 is 11.6 Å². The lowest BCUT2D eigenvalue weighted by Crippen LogP contribution is -2.45. The van der Waals surface area contributed by atoms with Crippen LogP contribution in [0.4, 0.5) is 10.1 Å². The number of amidine groups is 1. The van der Waals surface area contributed by atoms with Crippen molar-refractivity contribution in [2.75, 3.05) is 6.54 Å². The fraction of sp³-hybridized carbons (Fsp3) is 0.105. The Morgan fingerprint density at radius 1 is 1.27 bits per heavy atom. The molecule has 0 bridgehead atoms. The Balaban J connectivity index is 1.59. The number of fused-ring (bicyclic) bond motifs is 1. The fourth-order valence-electron chi connectivity index (χ4n) is 2.99. The molecule has 11 heteroatoms. The van der Waals surface area contributed by atoms with E-state index in [4.69, 9.17) is 16.0 Å². The van der Waals surface area contributed by atoms with E-state index in [1.165, 1.54) is 36.7 Å². The minimum Gasteiger partial charge on any atom is -0.448 e. The van der Waals surface area contributed by atoms with Crippen molar-refractivity contribution in [1.29, 1.82) is 0 Å². The molecule has 1 amide bonds. The van der Waals surface area contributed by atoms with Crippen LogP contribution in [0.1, 0.15) is 17.4 Å². The Kier molecular flexibility index (Phi) is 5.27. The molecule has 3 aromatic rings. The van der Waals surface area contributed by atoms with Crippen LogP contribution in [0.2, 0.25) is 5.02 Å². The lowest BCUT2D eigenvalue weighted by Gasteiger charge is -2.19. The van der Waals surface area contributed by atoms with Gasteiger partial charge >= 0.3 is 0 Å². The van der Waals surface area contributed by atoms with Crippen molar-refractivity contribution < 1.29 is 22.0 Å². The molecule has 0 fully saturated rings. The van der Waals surface area contributed by atoms with Crippen molar-refractivity contribution in [2.24, 2.45) is 4.99 Å². The van der Waals surface area contributed by atoms with Crippen molar-refractivity contribution in [3.05, 3.63) is 77.2 Å². The molecule has 0 saturated heterocycles. The summed E-state index contributed by atoms with van der Waals surface area (Å²) < 4.78 is 46.6. The van der Waals surface area contributed by atoms with Gasteiger partial charge in [0.1, 0.15) is 17.0 Å². The molecule has 30 heavy (non-hydrogen) atoms. The SMILES string of the molecule is O=C(NCC(c1ncco1)c1ccccc1F)C1=Nc2ccc(Cl)cc2S(=O)(=O)N1. The van der Waals surface area contributed by atoms with Gasteiger partial charge in [0.15, 0.2) is 0 Å². The van der Waals surface area contributed by atoms with E-state index >= 15 is 0 Å². The number of sulfonamides is 1. The molecule has 1 aliphatic rings. The van der Waals surface area contributed by atoms with Crippen molar-refractivity contribution in [3.8, 4) is 0 Å². The van der Waals surface area contributed by atoms with Gasteiger partial charge in [0, 0.05) is 17.1 Å². The van der Waals surface area contributed by atoms with Gasteiger partial charge < -0.3 is 9.73 Å². The highest BCUT2D eigenvalue weighted by atomic mass is 35.5. The third-order valence-corrected chi connectivity index (χ3v) is 5.99. The topological polar surface area (TPSA) is 114 Å². The zero-order valence-corrected chi connectivity index (χ0v) is 16.7. The van der Waals surface area contributed by atoms with E-state index in [0.29, 0.717) is 0 Å². The van der Waals surface area contributed by atoms with E-state index in [1.54, 1.807) is 18.2 Å². The zero-order chi connectivity index (χ0) is 21.3. The summed E-state index contributed by atoms with van der Waals surface area (Å²) >= 11 is 5.84. The lowest BCUT2D eigenvalue weighted by molar-refractivity contribution is -0.115. The van der Waals surface area contributed by atoms with Gasteiger partial charge in [-0.15, -0.1) is 0 Å². The third kappa shape index (κ3) is 3.91. The number of aliphatic imine (C=N–C) groups is 1. The normalized spacial score (nSPS) is 15.5. The van der Waals surface area contributed by atoms with Crippen LogP contribution < -0.4 is 10.0 Å². The number of hydrogen-bond acceptors (Lipinski definition) is 6. The minimum atomic E-state index is -4.02. The molecule has 1 aliphatic heterocycles. The first-order chi connectivity index (χ1) is 14.3. The summed E-state index contributed by atoms with van der Waals surface area (Å²) in [4.78, 5) is 20.6. The molecule has 8 nitrogen and oxygen atoms in total. The van der Waals surface area contributed by atoms with Crippen LogP contribution in [0.5, 0.6) is 0 Å². The highest BCUT2D eigenvalue weighted by Crippen LogP contribution is 2.30. The Labute approximate surface area is 175 Å². The Hall–Kier alpha value is -3.24. The lowest BCUT2D eigenvalue weighted by atomic mass is 9.98. The first kappa shape index (κ1) is 20.0. The quantitative estimate of drug-likeness (QED) is 0.623. The van der Waals surface area contributed by atoms with Gasteiger partial charge in [0.2, 0.25) is 11.7 Å². The van der Waals surface area contributed by atoms with E-state index < -0.39 is 33.5 Å². The molecule has 0 saturated carbocycles. The molecular formula is C19H14ClFN4O4S. The number of rotatable bonds is 5. The van der Waals surface area contributed by atoms with E-state index in [-0.39, 0.29) is 33.6 Å². The number of oxazole rings is 1. The number of nitrogens with one attached hydrogen (secondary N) is 2. The first-order valence-corrected chi connectivity index (χ1v) is 10.5. The highest BCUT2D eigenvalue weighted by Gasteiger charge is 2.30. The first-order valence-electron chi connectivity index (χ1n) is 8.68. The van der Waals surface area contributed by atoms with Crippen LogP contribution in [0.15, 0.2) is 69.2 Å². The summed E-state index contributed by atoms with van der Waals surface area (Å²) in [6.45, 7) is -0.103. The summed E-state index contributed by atoms with van der Waals surface area (Å²) in [6, 6.07) is 10.1. The molecule has 1 atom stereocenters. The maximum Gasteiger partial charge on any atom is 0.287 e. The van der Waals surface area contributed by atoms with Gasteiger partial charge in [-0.2, -0.15) is 0 Å². The van der Waals surface area contributed by atoms with Gasteiger partial charge in [-0.3, -0.25) is 9.52 Å². The second kappa shape index (κ2) is 7.88. The van der Waals surface area contributed by atoms with Crippen molar-refractivity contribution in [3.63, 3.8) is 0 Å². The number of hydrogen-bond donors (Lipinski definition) is 2. The Morgan fingerprint density at radius 2 is 2.07 bits per heavy atom. The predicted octanol–water partition coefficient (Wildman–Crippen LogP) is 2.74. The maximum absolute atomic E-state index is 14.3. The van der Waals surface area contributed by atoms with E-state index in [1.807, 2.05) is 0 Å². The molecule has 0 aliphatic carbocycles.